The summed E-state index contributed by atoms with van der Waals surface area (Å²) in [4.78, 5) is 25.5. The van der Waals surface area contributed by atoms with E-state index in [4.69, 9.17) is 14.2 Å². The molecule has 1 aromatic rings. The zero-order valence-corrected chi connectivity index (χ0v) is 17.2. The molecule has 1 aromatic carbocycles. The normalized spacial score (nSPS) is 29.7. The van der Waals surface area contributed by atoms with Crippen LogP contribution < -0.4 is 20.1 Å². The van der Waals surface area contributed by atoms with Crippen molar-refractivity contribution in [2.45, 2.75) is 44.8 Å². The largest absolute Gasteiger partial charge is 0.497 e. The lowest BCUT2D eigenvalue weighted by atomic mass is 9.60. The van der Waals surface area contributed by atoms with Gasteiger partial charge >= 0.3 is 0 Å². The predicted molar refractivity (Wildman–Crippen MR) is 107 cm³/mol. The van der Waals surface area contributed by atoms with Crippen LogP contribution >= 0.6 is 0 Å². The van der Waals surface area contributed by atoms with Crippen molar-refractivity contribution in [2.75, 3.05) is 26.9 Å². The van der Waals surface area contributed by atoms with Crippen LogP contribution in [0.1, 0.15) is 49.4 Å². The van der Waals surface area contributed by atoms with Crippen LogP contribution in [-0.2, 0) is 9.53 Å². The van der Waals surface area contributed by atoms with Gasteiger partial charge in [-0.2, -0.15) is 0 Å². The van der Waals surface area contributed by atoms with E-state index in [9.17, 15) is 9.59 Å². The van der Waals surface area contributed by atoms with Crippen molar-refractivity contribution < 1.29 is 23.8 Å². The van der Waals surface area contributed by atoms with Crippen molar-refractivity contribution in [3.05, 3.63) is 23.8 Å². The fourth-order valence-corrected chi connectivity index (χ4v) is 5.10. The standard InChI is InChI=1S/C22H30N2O5/c1-3-28-10-4-9-23-20(25)18-11-15-6-5-14(18)13-22(15)24-21(26)17-8-7-16(27-2)12-19(17)29-22/h7-8,12,14-15,18H,3-6,9-11,13H2,1-2H3,(H,23,25)(H,24,26)/t14-,15+,18-,22-/m0/s1. The Labute approximate surface area is 171 Å². The fourth-order valence-electron chi connectivity index (χ4n) is 5.10. The molecule has 3 saturated carbocycles. The molecule has 0 saturated heterocycles. The molecule has 0 unspecified atom stereocenters. The van der Waals surface area contributed by atoms with Gasteiger partial charge in [-0.05, 0) is 50.7 Å². The maximum atomic E-state index is 12.8. The Balaban J connectivity index is 1.43. The van der Waals surface area contributed by atoms with Crippen molar-refractivity contribution >= 4 is 11.8 Å². The quantitative estimate of drug-likeness (QED) is 0.685. The first-order valence-electron chi connectivity index (χ1n) is 10.6. The molecule has 3 aliphatic carbocycles. The van der Waals surface area contributed by atoms with E-state index < -0.39 is 5.72 Å². The molecule has 4 atom stereocenters. The van der Waals surface area contributed by atoms with Crippen molar-refractivity contribution in [3.63, 3.8) is 0 Å². The molecule has 1 spiro atoms. The monoisotopic (exact) mass is 402 g/mol. The third kappa shape index (κ3) is 3.80. The van der Waals surface area contributed by atoms with Gasteiger partial charge in [-0.1, -0.05) is 0 Å². The second kappa shape index (κ2) is 8.22. The Morgan fingerprint density at radius 3 is 2.97 bits per heavy atom. The van der Waals surface area contributed by atoms with Gasteiger partial charge in [0.05, 0.1) is 12.7 Å². The molecule has 7 heteroatoms. The molecule has 1 heterocycles. The number of methoxy groups -OCH3 is 1. The van der Waals surface area contributed by atoms with Crippen LogP contribution in [0.25, 0.3) is 0 Å². The number of nitrogens with one attached hydrogen (secondary N) is 2. The molecule has 4 aliphatic rings. The summed E-state index contributed by atoms with van der Waals surface area (Å²) in [6, 6.07) is 5.27. The molecule has 158 valence electrons. The van der Waals surface area contributed by atoms with E-state index in [0.717, 1.165) is 25.7 Å². The molecule has 2 bridgehead atoms. The molecule has 0 aromatic heterocycles. The van der Waals surface area contributed by atoms with E-state index >= 15 is 0 Å². The Bertz CT molecular complexity index is 782. The molecule has 1 aliphatic heterocycles. The van der Waals surface area contributed by atoms with Crippen molar-refractivity contribution in [1.82, 2.24) is 10.6 Å². The maximum absolute atomic E-state index is 12.8. The van der Waals surface area contributed by atoms with Gasteiger partial charge in [0.25, 0.3) is 5.91 Å². The highest BCUT2D eigenvalue weighted by atomic mass is 16.5. The predicted octanol–water partition coefficient (Wildman–Crippen LogP) is 2.49. The highest BCUT2D eigenvalue weighted by Gasteiger charge is 2.57. The van der Waals surface area contributed by atoms with Gasteiger partial charge in [-0.25, -0.2) is 0 Å². The number of fused-ring (bicyclic) bond motifs is 3. The van der Waals surface area contributed by atoms with E-state index in [1.807, 2.05) is 6.92 Å². The third-order valence-corrected chi connectivity index (χ3v) is 6.57. The first kappa shape index (κ1) is 20.0. The molecule has 3 fully saturated rings. The highest BCUT2D eigenvalue weighted by molar-refractivity contribution is 5.98. The Kier molecular flexibility index (Phi) is 5.67. The second-order valence-electron chi connectivity index (χ2n) is 8.23. The van der Waals surface area contributed by atoms with E-state index in [1.165, 1.54) is 0 Å². The first-order chi connectivity index (χ1) is 14.1. The lowest BCUT2D eigenvalue weighted by Crippen LogP contribution is -2.66. The zero-order chi connectivity index (χ0) is 20.4. The van der Waals surface area contributed by atoms with E-state index in [2.05, 4.69) is 10.6 Å². The summed E-state index contributed by atoms with van der Waals surface area (Å²) in [5, 5.41) is 6.20. The number of hydrogen-bond acceptors (Lipinski definition) is 5. The van der Waals surface area contributed by atoms with Gasteiger partial charge in [-0.3, -0.25) is 9.59 Å². The van der Waals surface area contributed by atoms with Gasteiger partial charge < -0.3 is 24.8 Å². The average Bonchev–Trinajstić information content (AvgIpc) is 2.73. The number of rotatable bonds is 7. The summed E-state index contributed by atoms with van der Waals surface area (Å²) in [6.45, 7) is 3.97. The molecule has 29 heavy (non-hydrogen) atoms. The maximum Gasteiger partial charge on any atom is 0.258 e. The molecule has 2 amide bonds. The number of carbonyl (C=O) groups is 2. The van der Waals surface area contributed by atoms with Crippen molar-refractivity contribution in [3.8, 4) is 11.5 Å². The van der Waals surface area contributed by atoms with Gasteiger partial charge in [0.1, 0.15) is 11.5 Å². The Morgan fingerprint density at radius 1 is 1.38 bits per heavy atom. The lowest BCUT2D eigenvalue weighted by Gasteiger charge is -2.55. The zero-order valence-electron chi connectivity index (χ0n) is 17.2. The summed E-state index contributed by atoms with van der Waals surface area (Å²) in [6.07, 6.45) is 4.17. The summed E-state index contributed by atoms with van der Waals surface area (Å²) in [5.41, 5.74) is -0.188. The minimum atomic E-state index is -0.717. The molecule has 7 nitrogen and oxygen atoms in total. The van der Waals surface area contributed by atoms with Crippen LogP contribution in [0, 0.1) is 17.8 Å². The summed E-state index contributed by atoms with van der Waals surface area (Å²) >= 11 is 0. The minimum absolute atomic E-state index is 0.0151. The number of benzene rings is 1. The molecular formula is C22H30N2O5. The van der Waals surface area contributed by atoms with Gasteiger partial charge in [0.15, 0.2) is 5.72 Å². The lowest BCUT2D eigenvalue weighted by molar-refractivity contribution is -0.146. The number of hydrogen-bond donors (Lipinski definition) is 2. The molecular weight excluding hydrogens is 372 g/mol. The fraction of sp³-hybridized carbons (Fsp3) is 0.636. The molecule has 5 rings (SSSR count). The summed E-state index contributed by atoms with van der Waals surface area (Å²) in [7, 11) is 1.60. The van der Waals surface area contributed by atoms with Gasteiger partial charge in [-0.15, -0.1) is 0 Å². The summed E-state index contributed by atoms with van der Waals surface area (Å²) < 4.78 is 17.0. The Hall–Kier alpha value is -2.28. The van der Waals surface area contributed by atoms with Crippen LogP contribution in [0.3, 0.4) is 0 Å². The SMILES string of the molecule is CCOCCCNC(=O)[C@H]1C[C@H]2CC[C@H]1C[C@@]21NC(=O)c2ccc(OC)cc2O1. The van der Waals surface area contributed by atoms with Crippen molar-refractivity contribution in [1.29, 1.82) is 0 Å². The minimum Gasteiger partial charge on any atom is -0.497 e. The summed E-state index contributed by atoms with van der Waals surface area (Å²) in [5.74, 6) is 1.55. The highest BCUT2D eigenvalue weighted by Crippen LogP contribution is 2.52. The number of amides is 2. The van der Waals surface area contributed by atoms with E-state index in [0.29, 0.717) is 43.2 Å². The van der Waals surface area contributed by atoms with Gasteiger partial charge in [0, 0.05) is 44.1 Å². The number of carbonyl (C=O) groups excluding carboxylic acids is 2. The van der Waals surface area contributed by atoms with Gasteiger partial charge in [0.2, 0.25) is 5.91 Å². The van der Waals surface area contributed by atoms with E-state index in [1.54, 1.807) is 25.3 Å². The van der Waals surface area contributed by atoms with Crippen molar-refractivity contribution in [2.24, 2.45) is 17.8 Å². The van der Waals surface area contributed by atoms with Crippen LogP contribution in [0.5, 0.6) is 11.5 Å². The second-order valence-corrected chi connectivity index (χ2v) is 8.23. The van der Waals surface area contributed by atoms with Crippen LogP contribution in [0.15, 0.2) is 18.2 Å². The number of ether oxygens (including phenoxy) is 3. The smallest absolute Gasteiger partial charge is 0.258 e. The Morgan fingerprint density at radius 2 is 2.24 bits per heavy atom. The first-order valence-corrected chi connectivity index (χ1v) is 10.6. The average molecular weight is 402 g/mol. The van der Waals surface area contributed by atoms with Crippen LogP contribution in [0.4, 0.5) is 0 Å². The molecule has 0 radical (unpaired) electrons. The molecule has 2 N–H and O–H groups in total. The third-order valence-electron chi connectivity index (χ3n) is 6.57. The van der Waals surface area contributed by atoms with Crippen LogP contribution in [0.2, 0.25) is 0 Å². The van der Waals surface area contributed by atoms with Crippen LogP contribution in [-0.4, -0.2) is 44.4 Å². The van der Waals surface area contributed by atoms with E-state index in [-0.39, 0.29) is 29.6 Å². The topological polar surface area (TPSA) is 85.9 Å².